The molecule has 1 atom stereocenters. The third-order valence-electron chi connectivity index (χ3n) is 4.14. The van der Waals surface area contributed by atoms with Crippen LogP contribution in [0, 0.1) is 0 Å². The van der Waals surface area contributed by atoms with E-state index >= 15 is 0 Å². The molecule has 2 aromatic rings. The van der Waals surface area contributed by atoms with Gasteiger partial charge in [0.1, 0.15) is 11.4 Å². The summed E-state index contributed by atoms with van der Waals surface area (Å²) >= 11 is 0. The van der Waals surface area contributed by atoms with Crippen LogP contribution < -0.4 is 0 Å². The summed E-state index contributed by atoms with van der Waals surface area (Å²) in [6, 6.07) is 14.1. The highest BCUT2D eigenvalue weighted by atomic mass is 16.5. The molecule has 0 saturated carbocycles. The molecule has 25 heavy (non-hydrogen) atoms. The number of benzene rings is 1. The highest BCUT2D eigenvalue weighted by Crippen LogP contribution is 2.17. The van der Waals surface area contributed by atoms with Crippen LogP contribution in [-0.2, 0) is 11.3 Å². The molecule has 0 aliphatic carbocycles. The van der Waals surface area contributed by atoms with Crippen molar-refractivity contribution in [2.45, 2.75) is 25.5 Å². The van der Waals surface area contributed by atoms with E-state index in [0.717, 1.165) is 18.4 Å². The number of carboxylic acid groups (broad SMARTS) is 1. The zero-order chi connectivity index (χ0) is 17.6. The van der Waals surface area contributed by atoms with E-state index in [2.05, 4.69) is 4.98 Å². The first-order valence-electron chi connectivity index (χ1n) is 8.28. The zero-order valence-corrected chi connectivity index (χ0v) is 13.8. The van der Waals surface area contributed by atoms with Crippen molar-refractivity contribution < 1.29 is 19.4 Å². The van der Waals surface area contributed by atoms with Crippen LogP contribution >= 0.6 is 0 Å². The topological polar surface area (TPSA) is 79.7 Å². The molecular weight excluding hydrogens is 320 g/mol. The van der Waals surface area contributed by atoms with Crippen LogP contribution in [0.15, 0.2) is 48.5 Å². The first kappa shape index (κ1) is 17.1. The number of aromatic nitrogens is 1. The van der Waals surface area contributed by atoms with Gasteiger partial charge in [0.15, 0.2) is 0 Å². The molecule has 1 aliphatic rings. The van der Waals surface area contributed by atoms with Gasteiger partial charge in [0.25, 0.3) is 5.91 Å². The molecule has 1 aliphatic heterocycles. The van der Waals surface area contributed by atoms with Gasteiger partial charge in [0.05, 0.1) is 6.10 Å². The van der Waals surface area contributed by atoms with Gasteiger partial charge in [-0.3, -0.25) is 4.79 Å². The summed E-state index contributed by atoms with van der Waals surface area (Å²) in [5, 5.41) is 9.09. The summed E-state index contributed by atoms with van der Waals surface area (Å²) in [4.78, 5) is 29.7. The van der Waals surface area contributed by atoms with Crippen molar-refractivity contribution >= 4 is 11.9 Å². The molecule has 1 aromatic heterocycles. The highest BCUT2D eigenvalue weighted by molar-refractivity contribution is 5.94. The van der Waals surface area contributed by atoms with Gasteiger partial charge < -0.3 is 14.7 Å². The zero-order valence-electron chi connectivity index (χ0n) is 13.8. The Labute approximate surface area is 146 Å². The van der Waals surface area contributed by atoms with Gasteiger partial charge in [0, 0.05) is 19.7 Å². The lowest BCUT2D eigenvalue weighted by molar-refractivity contribution is 0.0502. The Hall–Kier alpha value is -2.73. The van der Waals surface area contributed by atoms with Crippen molar-refractivity contribution in [3.8, 4) is 0 Å². The number of aromatic carboxylic acids is 1. The van der Waals surface area contributed by atoms with E-state index in [4.69, 9.17) is 9.84 Å². The lowest BCUT2D eigenvalue weighted by Gasteiger charge is -2.25. The molecule has 1 saturated heterocycles. The molecule has 6 nitrogen and oxygen atoms in total. The standard InChI is InChI=1S/C19H20N2O4/c22-18(16-9-4-10-17(20-16)19(23)24)21(13-15-8-5-11-25-15)12-14-6-2-1-3-7-14/h1-4,6-7,9-10,15H,5,8,11-13H2,(H,23,24). The Bertz CT molecular complexity index is 742. The van der Waals surface area contributed by atoms with Gasteiger partial charge in [-0.15, -0.1) is 0 Å². The summed E-state index contributed by atoms with van der Waals surface area (Å²) < 4.78 is 5.66. The minimum absolute atomic E-state index is 0.00955. The number of rotatable bonds is 6. The number of hydrogen-bond donors (Lipinski definition) is 1. The fraction of sp³-hybridized carbons (Fsp3) is 0.316. The summed E-state index contributed by atoms with van der Waals surface area (Å²) in [6.07, 6.45) is 1.92. The van der Waals surface area contributed by atoms with E-state index in [9.17, 15) is 9.59 Å². The molecule has 0 radical (unpaired) electrons. The first-order chi connectivity index (χ1) is 12.1. The van der Waals surface area contributed by atoms with Gasteiger partial charge in [-0.2, -0.15) is 0 Å². The maximum absolute atomic E-state index is 12.9. The maximum Gasteiger partial charge on any atom is 0.354 e. The number of carbonyl (C=O) groups is 2. The highest BCUT2D eigenvalue weighted by Gasteiger charge is 2.24. The van der Waals surface area contributed by atoms with Crippen LogP contribution in [-0.4, -0.2) is 46.1 Å². The molecule has 1 unspecified atom stereocenters. The van der Waals surface area contributed by atoms with Crippen molar-refractivity contribution in [1.29, 1.82) is 0 Å². The summed E-state index contributed by atoms with van der Waals surface area (Å²) in [6.45, 7) is 1.61. The Morgan fingerprint density at radius 1 is 1.12 bits per heavy atom. The minimum Gasteiger partial charge on any atom is -0.477 e. The number of hydrogen-bond acceptors (Lipinski definition) is 4. The quantitative estimate of drug-likeness (QED) is 0.874. The predicted molar refractivity (Wildman–Crippen MR) is 91.4 cm³/mol. The van der Waals surface area contributed by atoms with E-state index < -0.39 is 5.97 Å². The number of ether oxygens (including phenoxy) is 1. The number of nitrogens with zero attached hydrogens (tertiary/aromatic N) is 2. The Morgan fingerprint density at radius 3 is 2.56 bits per heavy atom. The molecule has 6 heteroatoms. The van der Waals surface area contributed by atoms with Crippen LogP contribution in [0.4, 0.5) is 0 Å². The number of carboxylic acids is 1. The van der Waals surface area contributed by atoms with Crippen LogP contribution in [0.2, 0.25) is 0 Å². The SMILES string of the molecule is O=C(O)c1cccc(C(=O)N(Cc2ccccc2)CC2CCCO2)n1. The summed E-state index contributed by atoms with van der Waals surface area (Å²) in [5.41, 5.74) is 1.000. The van der Waals surface area contributed by atoms with Gasteiger partial charge in [0.2, 0.25) is 0 Å². The van der Waals surface area contributed by atoms with Gasteiger partial charge in [-0.05, 0) is 30.5 Å². The maximum atomic E-state index is 12.9. The third-order valence-corrected chi connectivity index (χ3v) is 4.14. The molecule has 2 heterocycles. The van der Waals surface area contributed by atoms with Gasteiger partial charge in [-0.25, -0.2) is 9.78 Å². The summed E-state index contributed by atoms with van der Waals surface area (Å²) in [5.74, 6) is -1.44. The monoisotopic (exact) mass is 340 g/mol. The Kier molecular flexibility index (Phi) is 5.40. The normalized spacial score (nSPS) is 16.6. The molecule has 1 aromatic carbocycles. The van der Waals surface area contributed by atoms with Crippen molar-refractivity contribution in [2.75, 3.05) is 13.2 Å². The van der Waals surface area contributed by atoms with Crippen molar-refractivity contribution in [3.05, 3.63) is 65.5 Å². The third kappa shape index (κ3) is 4.42. The summed E-state index contributed by atoms with van der Waals surface area (Å²) in [7, 11) is 0. The fourth-order valence-corrected chi connectivity index (χ4v) is 2.89. The Balaban J connectivity index is 1.82. The predicted octanol–water partition coefficient (Wildman–Crippen LogP) is 2.60. The average molecular weight is 340 g/mol. The van der Waals surface area contributed by atoms with E-state index in [1.165, 1.54) is 12.1 Å². The second kappa shape index (κ2) is 7.90. The first-order valence-corrected chi connectivity index (χ1v) is 8.28. The Morgan fingerprint density at radius 2 is 1.88 bits per heavy atom. The number of pyridine rings is 1. The number of amides is 1. The number of carbonyl (C=O) groups excluding carboxylic acids is 1. The van der Waals surface area contributed by atoms with E-state index in [1.807, 2.05) is 30.3 Å². The average Bonchev–Trinajstić information content (AvgIpc) is 3.14. The molecule has 3 rings (SSSR count). The van der Waals surface area contributed by atoms with E-state index in [1.54, 1.807) is 11.0 Å². The van der Waals surface area contributed by atoms with E-state index in [0.29, 0.717) is 19.7 Å². The minimum atomic E-state index is -1.15. The smallest absolute Gasteiger partial charge is 0.354 e. The second-order valence-electron chi connectivity index (χ2n) is 6.02. The van der Waals surface area contributed by atoms with Crippen molar-refractivity contribution in [2.24, 2.45) is 0 Å². The largest absolute Gasteiger partial charge is 0.477 e. The van der Waals surface area contributed by atoms with Crippen molar-refractivity contribution in [3.63, 3.8) is 0 Å². The molecule has 130 valence electrons. The lowest BCUT2D eigenvalue weighted by atomic mass is 10.1. The van der Waals surface area contributed by atoms with Crippen LogP contribution in [0.1, 0.15) is 39.4 Å². The van der Waals surface area contributed by atoms with Gasteiger partial charge in [-0.1, -0.05) is 36.4 Å². The van der Waals surface area contributed by atoms with Crippen LogP contribution in [0.5, 0.6) is 0 Å². The van der Waals surface area contributed by atoms with E-state index in [-0.39, 0.29) is 23.4 Å². The lowest BCUT2D eigenvalue weighted by Crippen LogP contribution is -2.37. The van der Waals surface area contributed by atoms with Gasteiger partial charge >= 0.3 is 5.97 Å². The van der Waals surface area contributed by atoms with Crippen molar-refractivity contribution in [1.82, 2.24) is 9.88 Å². The molecule has 1 amide bonds. The van der Waals surface area contributed by atoms with Crippen LogP contribution in [0.25, 0.3) is 0 Å². The molecule has 0 spiro atoms. The fourth-order valence-electron chi connectivity index (χ4n) is 2.89. The molecule has 1 N–H and O–H groups in total. The second-order valence-corrected chi connectivity index (χ2v) is 6.02. The molecular formula is C19H20N2O4. The molecule has 1 fully saturated rings. The van der Waals surface area contributed by atoms with Crippen LogP contribution in [0.3, 0.4) is 0 Å². The molecule has 0 bridgehead atoms.